The molecule has 0 saturated heterocycles. The van der Waals surface area contributed by atoms with Gasteiger partial charge in [-0.25, -0.2) is 0 Å². The molecule has 0 fully saturated rings. The number of rotatable bonds is 7. The van der Waals surface area contributed by atoms with Gasteiger partial charge in [0, 0.05) is 11.6 Å². The number of aromatic nitrogens is 1. The molecule has 1 heterocycles. The molecule has 0 aliphatic rings. The number of aromatic amines is 1. The zero-order chi connectivity index (χ0) is 20.1. The summed E-state index contributed by atoms with van der Waals surface area (Å²) in [5.41, 5.74) is 0.799. The van der Waals surface area contributed by atoms with Crippen molar-refractivity contribution in [3.63, 3.8) is 0 Å². The molecule has 0 aliphatic heterocycles. The van der Waals surface area contributed by atoms with Gasteiger partial charge in [0.15, 0.2) is 11.5 Å². The molecule has 0 spiro atoms. The third kappa shape index (κ3) is 4.81. The molecule has 0 unspecified atom stereocenters. The van der Waals surface area contributed by atoms with Crippen LogP contribution in [0.25, 0.3) is 0 Å². The summed E-state index contributed by atoms with van der Waals surface area (Å²) in [6, 6.07) is 6.61. The Hall–Kier alpha value is -2.96. The van der Waals surface area contributed by atoms with E-state index in [-0.39, 0.29) is 23.8 Å². The number of pyridine rings is 1. The summed E-state index contributed by atoms with van der Waals surface area (Å²) in [7, 11) is 2.81. The molecule has 7 heteroatoms. The summed E-state index contributed by atoms with van der Waals surface area (Å²) in [4.78, 5) is 27.1. The predicted molar refractivity (Wildman–Crippen MR) is 101 cm³/mol. The van der Waals surface area contributed by atoms with Crippen LogP contribution in [0, 0.1) is 6.92 Å². The van der Waals surface area contributed by atoms with Gasteiger partial charge in [0.2, 0.25) is 0 Å². The van der Waals surface area contributed by atoms with Gasteiger partial charge in [0.1, 0.15) is 5.75 Å². The molecule has 0 radical (unpaired) electrons. The maximum atomic E-state index is 12.5. The molecule has 1 aromatic heterocycles. The van der Waals surface area contributed by atoms with Crippen LogP contribution < -0.4 is 15.0 Å². The predicted octanol–water partition coefficient (Wildman–Crippen LogP) is 2.88. The van der Waals surface area contributed by atoms with Gasteiger partial charge in [-0.15, -0.1) is 0 Å². The number of carbonyl (C=O) groups excluding carboxylic acids is 1. The first-order chi connectivity index (χ1) is 12.8. The molecule has 1 atom stereocenters. The van der Waals surface area contributed by atoms with E-state index in [2.05, 4.69) is 4.98 Å². The van der Waals surface area contributed by atoms with E-state index in [9.17, 15) is 14.7 Å². The fraction of sp³-hybridized carbons (Fsp3) is 0.400. The lowest BCUT2D eigenvalue weighted by Gasteiger charge is -2.20. The Morgan fingerprint density at radius 2 is 1.89 bits per heavy atom. The minimum Gasteiger partial charge on any atom is -0.507 e. The molecule has 27 heavy (non-hydrogen) atoms. The van der Waals surface area contributed by atoms with E-state index in [0.29, 0.717) is 22.8 Å². The summed E-state index contributed by atoms with van der Waals surface area (Å²) in [6.45, 7) is 5.44. The Morgan fingerprint density at radius 1 is 1.19 bits per heavy atom. The zero-order valence-electron chi connectivity index (χ0n) is 16.2. The first-order valence-electron chi connectivity index (χ1n) is 8.61. The number of aromatic hydroxyl groups is 1. The third-order valence-corrected chi connectivity index (χ3v) is 4.08. The maximum absolute atomic E-state index is 12.5. The van der Waals surface area contributed by atoms with Crippen molar-refractivity contribution in [2.24, 2.45) is 0 Å². The average Bonchev–Trinajstić information content (AvgIpc) is 2.59. The molecular weight excluding hydrogens is 350 g/mol. The number of H-pyrrole nitrogens is 1. The van der Waals surface area contributed by atoms with Gasteiger partial charge in [0.05, 0.1) is 32.3 Å². The molecule has 2 aromatic rings. The quantitative estimate of drug-likeness (QED) is 0.722. The molecule has 0 saturated carbocycles. The van der Waals surface area contributed by atoms with Crippen LogP contribution in [-0.2, 0) is 9.53 Å². The van der Waals surface area contributed by atoms with E-state index in [1.165, 1.54) is 20.3 Å². The number of esters is 1. The average molecular weight is 375 g/mol. The van der Waals surface area contributed by atoms with Gasteiger partial charge in [-0.1, -0.05) is 6.07 Å². The lowest BCUT2D eigenvalue weighted by molar-refractivity contribution is -0.140. The molecule has 146 valence electrons. The zero-order valence-corrected chi connectivity index (χ0v) is 16.2. The number of carbonyl (C=O) groups is 1. The van der Waals surface area contributed by atoms with Crippen molar-refractivity contribution in [2.45, 2.75) is 39.2 Å². The number of methoxy groups -OCH3 is 2. The number of hydrogen-bond acceptors (Lipinski definition) is 6. The lowest BCUT2D eigenvalue weighted by Crippen LogP contribution is -2.21. The summed E-state index contributed by atoms with van der Waals surface area (Å²) in [5.74, 6) is -0.356. The van der Waals surface area contributed by atoms with Gasteiger partial charge in [0.25, 0.3) is 5.56 Å². The number of aryl methyl sites for hydroxylation is 1. The Labute approximate surface area is 157 Å². The van der Waals surface area contributed by atoms with Crippen molar-refractivity contribution < 1.29 is 24.1 Å². The van der Waals surface area contributed by atoms with E-state index in [4.69, 9.17) is 14.2 Å². The Kier molecular flexibility index (Phi) is 6.50. The maximum Gasteiger partial charge on any atom is 0.306 e. The summed E-state index contributed by atoms with van der Waals surface area (Å²) >= 11 is 0. The lowest BCUT2D eigenvalue weighted by atomic mass is 9.88. The fourth-order valence-electron chi connectivity index (χ4n) is 2.91. The van der Waals surface area contributed by atoms with E-state index >= 15 is 0 Å². The van der Waals surface area contributed by atoms with Crippen LogP contribution >= 0.6 is 0 Å². The number of benzene rings is 1. The first-order valence-corrected chi connectivity index (χ1v) is 8.61. The van der Waals surface area contributed by atoms with Crippen molar-refractivity contribution >= 4 is 5.97 Å². The van der Waals surface area contributed by atoms with E-state index in [1.54, 1.807) is 25.1 Å². The highest BCUT2D eigenvalue weighted by molar-refractivity contribution is 5.71. The highest BCUT2D eigenvalue weighted by atomic mass is 16.5. The Morgan fingerprint density at radius 3 is 2.44 bits per heavy atom. The van der Waals surface area contributed by atoms with Gasteiger partial charge in [-0.3, -0.25) is 9.59 Å². The van der Waals surface area contributed by atoms with Crippen molar-refractivity contribution in [2.75, 3.05) is 14.2 Å². The van der Waals surface area contributed by atoms with Crippen LogP contribution in [0.5, 0.6) is 17.2 Å². The Balaban J connectivity index is 2.62. The number of ether oxygens (including phenoxy) is 3. The van der Waals surface area contributed by atoms with Crippen molar-refractivity contribution in [1.82, 2.24) is 4.98 Å². The van der Waals surface area contributed by atoms with Crippen LogP contribution in [0.15, 0.2) is 29.1 Å². The highest BCUT2D eigenvalue weighted by Crippen LogP contribution is 2.37. The minimum atomic E-state index is -0.706. The van der Waals surface area contributed by atoms with Gasteiger partial charge in [-0.2, -0.15) is 0 Å². The normalized spacial score (nSPS) is 11.9. The van der Waals surface area contributed by atoms with Crippen LogP contribution in [0.1, 0.15) is 43.0 Å². The smallest absolute Gasteiger partial charge is 0.306 e. The number of hydrogen-bond donors (Lipinski definition) is 2. The van der Waals surface area contributed by atoms with Crippen LogP contribution in [-0.4, -0.2) is 36.4 Å². The largest absolute Gasteiger partial charge is 0.507 e. The Bertz CT molecular complexity index is 871. The molecule has 7 nitrogen and oxygen atoms in total. The molecule has 2 rings (SSSR count). The van der Waals surface area contributed by atoms with Gasteiger partial charge in [-0.05, 0) is 44.5 Å². The third-order valence-electron chi connectivity index (χ3n) is 4.08. The molecule has 0 aliphatic carbocycles. The van der Waals surface area contributed by atoms with Crippen molar-refractivity contribution in [3.05, 3.63) is 51.4 Å². The van der Waals surface area contributed by atoms with Crippen LogP contribution in [0.2, 0.25) is 0 Å². The summed E-state index contributed by atoms with van der Waals surface area (Å²) in [6.07, 6.45) is -0.201. The molecule has 1 aromatic carbocycles. The van der Waals surface area contributed by atoms with E-state index < -0.39 is 17.4 Å². The summed E-state index contributed by atoms with van der Waals surface area (Å²) in [5, 5.41) is 10.4. The minimum absolute atomic E-state index is 0.0932. The van der Waals surface area contributed by atoms with Crippen molar-refractivity contribution in [1.29, 1.82) is 0 Å². The highest BCUT2D eigenvalue weighted by Gasteiger charge is 2.26. The standard InChI is InChI=1S/C20H25NO6/c1-11(2)27-17-9-13(6-7-16(17)25-4)14(10-18(23)26-5)19-15(22)8-12(3)21-20(19)24/h6-9,11,14H,10H2,1-5H3,(H2,21,22,24)/t14-/m1/s1. The van der Waals surface area contributed by atoms with E-state index in [1.807, 2.05) is 13.8 Å². The topological polar surface area (TPSA) is 97.8 Å². The fourth-order valence-corrected chi connectivity index (χ4v) is 2.91. The van der Waals surface area contributed by atoms with Gasteiger partial charge < -0.3 is 24.3 Å². The SMILES string of the molecule is COC(=O)C[C@H](c1ccc(OC)c(OC(C)C)c1)c1c(O)cc(C)[nH]c1=O. The van der Waals surface area contributed by atoms with Gasteiger partial charge >= 0.3 is 5.97 Å². The summed E-state index contributed by atoms with van der Waals surface area (Å²) < 4.78 is 15.9. The second-order valence-corrected chi connectivity index (χ2v) is 6.49. The monoisotopic (exact) mass is 375 g/mol. The molecule has 0 amide bonds. The van der Waals surface area contributed by atoms with Crippen LogP contribution in [0.4, 0.5) is 0 Å². The molecular formula is C20H25NO6. The van der Waals surface area contributed by atoms with Crippen molar-refractivity contribution in [3.8, 4) is 17.2 Å². The van der Waals surface area contributed by atoms with E-state index in [0.717, 1.165) is 0 Å². The van der Waals surface area contributed by atoms with Crippen LogP contribution in [0.3, 0.4) is 0 Å². The molecule has 2 N–H and O–H groups in total. The number of nitrogens with one attached hydrogen (secondary N) is 1. The second-order valence-electron chi connectivity index (χ2n) is 6.49. The first kappa shape index (κ1) is 20.4. The second kappa shape index (κ2) is 8.62. The molecule has 0 bridgehead atoms.